The minimum absolute atomic E-state index is 0.0346. The first-order valence-corrected chi connectivity index (χ1v) is 20.3. The molecule has 0 bridgehead atoms. The number of aliphatic hydroxyl groups excluding tert-OH is 1. The van der Waals surface area contributed by atoms with Gasteiger partial charge in [0.15, 0.2) is 6.61 Å². The van der Waals surface area contributed by atoms with Crippen LogP contribution in [0, 0.1) is 0 Å². The lowest BCUT2D eigenvalue weighted by Crippen LogP contribution is -2.51. The Kier molecular flexibility index (Phi) is 14.3. The van der Waals surface area contributed by atoms with E-state index in [0.717, 1.165) is 6.08 Å². The van der Waals surface area contributed by atoms with Crippen molar-refractivity contribution in [2.45, 2.75) is 101 Å². The molecule has 13 nitrogen and oxygen atoms in total. The number of amides is 2. The Morgan fingerprint density at radius 3 is 2.18 bits per heavy atom. The minimum atomic E-state index is -4.67. The van der Waals surface area contributed by atoms with Gasteiger partial charge in [0.05, 0.1) is 18.2 Å². The molecule has 3 aromatic rings. The number of carbonyl (C=O) groups excluding carboxylic acids is 5. The molecular weight excluding hydrogens is 814 g/mol. The molecule has 16 heteroatoms. The van der Waals surface area contributed by atoms with E-state index >= 15 is 0 Å². The number of ether oxygens (including phenoxy) is 5. The summed E-state index contributed by atoms with van der Waals surface area (Å²) in [5, 5.41) is 12.8. The van der Waals surface area contributed by atoms with Crippen molar-refractivity contribution in [1.82, 2.24) is 10.2 Å². The number of esters is 3. The summed E-state index contributed by atoms with van der Waals surface area (Å²) in [4.78, 5) is 67.5. The average molecular weight is 863 g/mol. The molecular formula is C46H49F3N2O11. The zero-order valence-corrected chi connectivity index (χ0v) is 34.5. The van der Waals surface area contributed by atoms with Crippen molar-refractivity contribution in [2.24, 2.45) is 0 Å². The van der Waals surface area contributed by atoms with Gasteiger partial charge in [-0.2, -0.15) is 13.2 Å². The van der Waals surface area contributed by atoms with Crippen molar-refractivity contribution in [1.29, 1.82) is 0 Å². The predicted molar refractivity (Wildman–Crippen MR) is 217 cm³/mol. The van der Waals surface area contributed by atoms with Gasteiger partial charge in [0, 0.05) is 42.2 Å². The number of carbonyl (C=O) groups is 5. The molecule has 0 saturated carbocycles. The highest BCUT2D eigenvalue weighted by molar-refractivity contribution is 5.98. The van der Waals surface area contributed by atoms with Crippen LogP contribution >= 0.6 is 0 Å². The molecule has 0 aromatic heterocycles. The second kappa shape index (κ2) is 19.5. The molecule has 330 valence electrons. The maximum atomic E-state index is 14.5. The summed E-state index contributed by atoms with van der Waals surface area (Å²) in [6.45, 7) is 3.32. The topological polar surface area (TPSA) is 167 Å². The van der Waals surface area contributed by atoms with Crippen LogP contribution in [0.2, 0.25) is 0 Å². The number of nitrogens with zero attached hydrogens (tertiary/aromatic N) is 1. The van der Waals surface area contributed by atoms with Crippen LogP contribution in [-0.2, 0) is 48.6 Å². The number of rotatable bonds is 14. The second-order valence-corrected chi connectivity index (χ2v) is 16.2. The molecule has 3 aromatic carbocycles. The average Bonchev–Trinajstić information content (AvgIpc) is 3.90. The third kappa shape index (κ3) is 11.5. The smallest absolute Gasteiger partial charge is 0.422 e. The third-order valence-electron chi connectivity index (χ3n) is 10.4. The molecule has 62 heavy (non-hydrogen) atoms. The monoisotopic (exact) mass is 862 g/mol. The fraction of sp³-hybridized carbons (Fsp3) is 0.413. The molecule has 2 saturated heterocycles. The number of hydrogen-bond acceptors (Lipinski definition) is 11. The van der Waals surface area contributed by atoms with Crippen LogP contribution in [0.15, 0.2) is 103 Å². The number of hydrogen-bond donors (Lipinski definition) is 2. The number of nitrogens with one attached hydrogen (secondary N) is 1. The van der Waals surface area contributed by atoms with Crippen molar-refractivity contribution < 1.29 is 65.9 Å². The van der Waals surface area contributed by atoms with Gasteiger partial charge in [0.25, 0.3) is 0 Å². The number of fused-ring (bicyclic) bond motifs is 1. The predicted octanol–water partition coefficient (Wildman–Crippen LogP) is 5.94. The summed E-state index contributed by atoms with van der Waals surface area (Å²) in [5.74, 6) is -4.87. The Bertz CT molecular complexity index is 2100. The molecule has 5 atom stereocenters. The van der Waals surface area contributed by atoms with Crippen LogP contribution in [0.1, 0.15) is 79.9 Å². The normalized spacial score (nSPS) is 21.4. The molecule has 2 aliphatic heterocycles. The minimum Gasteiger partial charge on any atom is -0.460 e. The lowest BCUT2D eigenvalue weighted by Gasteiger charge is -2.33. The van der Waals surface area contributed by atoms with Crippen LogP contribution < -0.4 is 5.32 Å². The van der Waals surface area contributed by atoms with E-state index in [9.17, 15) is 42.3 Å². The second-order valence-electron chi connectivity index (χ2n) is 16.2. The maximum absolute atomic E-state index is 14.5. The van der Waals surface area contributed by atoms with E-state index in [4.69, 9.17) is 18.9 Å². The lowest BCUT2D eigenvalue weighted by atomic mass is 9.91. The van der Waals surface area contributed by atoms with Gasteiger partial charge in [-0.25, -0.2) is 9.59 Å². The number of benzene rings is 3. The summed E-state index contributed by atoms with van der Waals surface area (Å²) in [6, 6.07) is 22.5. The number of alkyl halides is 3. The molecule has 2 heterocycles. The van der Waals surface area contributed by atoms with E-state index in [0.29, 0.717) is 29.5 Å². The highest BCUT2D eigenvalue weighted by atomic mass is 19.4. The highest BCUT2D eigenvalue weighted by Crippen LogP contribution is 2.47. The van der Waals surface area contributed by atoms with Gasteiger partial charge in [-0.3, -0.25) is 14.4 Å². The summed E-state index contributed by atoms with van der Waals surface area (Å²) >= 11 is 0. The quantitative estimate of drug-likeness (QED) is 0.112. The Morgan fingerprint density at radius 2 is 1.58 bits per heavy atom. The first-order valence-electron chi connectivity index (χ1n) is 20.3. The molecule has 0 spiro atoms. The summed E-state index contributed by atoms with van der Waals surface area (Å²) < 4.78 is 66.5. The summed E-state index contributed by atoms with van der Waals surface area (Å²) in [7, 11) is 0. The highest BCUT2D eigenvalue weighted by Gasteiger charge is 2.55. The zero-order chi connectivity index (χ0) is 44.7. The standard InChI is InChI=1S/C46H49F3N2O11/c1-44(2,3)61-39(54)23-21-34(27-52)50-41(55)35-15-10-24-51(35)42(56)31-25-36(59-43(57)30-19-16-29(17-20-30)18-22-38(53)58-28-45(47,48)49)40-37(26-31)60-46(62-40,32-11-6-4-7-12-32)33-13-8-5-9-14-33/h4-9,11-14,16-20,22,26,34-37,40,52H,10,15,21,23-25,27-28H2,1-3H3,(H,50,55)/t34-,35+,36+,37+,40-/m0/s1. The largest absolute Gasteiger partial charge is 0.460 e. The summed E-state index contributed by atoms with van der Waals surface area (Å²) in [6.07, 6.45) is -2.98. The molecule has 6 rings (SSSR count). The van der Waals surface area contributed by atoms with E-state index in [1.165, 1.54) is 35.2 Å². The van der Waals surface area contributed by atoms with Crippen molar-refractivity contribution in [3.63, 3.8) is 0 Å². The van der Waals surface area contributed by atoms with Gasteiger partial charge in [-0.1, -0.05) is 72.8 Å². The van der Waals surface area contributed by atoms with Crippen molar-refractivity contribution >= 4 is 35.8 Å². The molecule has 0 radical (unpaired) electrons. The first-order chi connectivity index (χ1) is 29.4. The lowest BCUT2D eigenvalue weighted by molar-refractivity contribution is -0.182. The van der Waals surface area contributed by atoms with Crippen LogP contribution in [0.5, 0.6) is 0 Å². The van der Waals surface area contributed by atoms with Crippen LogP contribution in [0.3, 0.4) is 0 Å². The van der Waals surface area contributed by atoms with E-state index in [1.807, 2.05) is 60.7 Å². The van der Waals surface area contributed by atoms with Crippen LogP contribution in [-0.4, -0.2) is 102 Å². The molecule has 1 aliphatic carbocycles. The molecule has 0 unspecified atom stereocenters. The summed E-state index contributed by atoms with van der Waals surface area (Å²) in [5.41, 5.74) is 1.32. The van der Waals surface area contributed by atoms with Crippen LogP contribution in [0.25, 0.3) is 6.08 Å². The Hall–Kier alpha value is -5.84. The van der Waals surface area contributed by atoms with E-state index < -0.39 is 90.9 Å². The van der Waals surface area contributed by atoms with E-state index in [-0.39, 0.29) is 36.9 Å². The van der Waals surface area contributed by atoms with Gasteiger partial charge in [-0.05, 0) is 69.9 Å². The first kappa shape index (κ1) is 45.7. The Morgan fingerprint density at radius 1 is 0.935 bits per heavy atom. The van der Waals surface area contributed by atoms with Crippen molar-refractivity contribution in [3.8, 4) is 0 Å². The molecule has 2 amide bonds. The zero-order valence-electron chi connectivity index (χ0n) is 34.5. The number of halogens is 3. The molecule has 3 aliphatic rings. The molecule has 2 N–H and O–H groups in total. The van der Waals surface area contributed by atoms with Crippen molar-refractivity contribution in [2.75, 3.05) is 19.8 Å². The van der Waals surface area contributed by atoms with Crippen LogP contribution in [0.4, 0.5) is 13.2 Å². The fourth-order valence-corrected chi connectivity index (χ4v) is 7.54. The van der Waals surface area contributed by atoms with E-state index in [1.54, 1.807) is 26.8 Å². The third-order valence-corrected chi connectivity index (χ3v) is 10.4. The van der Waals surface area contributed by atoms with Gasteiger partial charge in [-0.15, -0.1) is 0 Å². The Labute approximate surface area is 356 Å². The number of aliphatic hydroxyl groups is 1. The van der Waals surface area contributed by atoms with Gasteiger partial charge in [0.2, 0.25) is 17.6 Å². The van der Waals surface area contributed by atoms with E-state index in [2.05, 4.69) is 10.1 Å². The SMILES string of the molecule is CC(C)(C)OC(=O)CC[C@@H](CO)NC(=O)[C@H]1CCCN1C(=O)C1=C[C@H]2OC(c3ccccc3)(c3ccccc3)O[C@H]2[C@H](OC(=O)c2ccc(C=CC(=O)OCC(F)(F)F)cc2)C1. The van der Waals surface area contributed by atoms with Gasteiger partial charge < -0.3 is 39.0 Å². The molecule has 2 fully saturated rings. The Balaban J connectivity index is 1.23. The van der Waals surface area contributed by atoms with Gasteiger partial charge in [0.1, 0.15) is 30.0 Å². The van der Waals surface area contributed by atoms with Gasteiger partial charge >= 0.3 is 24.1 Å². The van der Waals surface area contributed by atoms with Crippen molar-refractivity contribution in [3.05, 3.63) is 125 Å². The maximum Gasteiger partial charge on any atom is 0.422 e. The fourth-order valence-electron chi connectivity index (χ4n) is 7.54. The number of likely N-dealkylation sites (tertiary alicyclic amines) is 1.